The summed E-state index contributed by atoms with van der Waals surface area (Å²) < 4.78 is 36.6. The first-order valence-electron chi connectivity index (χ1n) is 7.40. The van der Waals surface area contributed by atoms with Gasteiger partial charge in [-0.15, -0.1) is 0 Å². The molecular weight excluding hydrogens is 305 g/mol. The van der Waals surface area contributed by atoms with E-state index in [0.717, 1.165) is 25.6 Å². The van der Waals surface area contributed by atoms with Crippen molar-refractivity contribution >= 4 is 9.84 Å². The van der Waals surface area contributed by atoms with E-state index in [2.05, 4.69) is 5.32 Å². The Bertz CT molecular complexity index is 599. The average molecular weight is 331 g/mol. The molecule has 0 aliphatic rings. The van der Waals surface area contributed by atoms with E-state index in [9.17, 15) is 17.9 Å². The van der Waals surface area contributed by atoms with Crippen LogP contribution in [0, 0.1) is 11.2 Å². The topological polar surface area (TPSA) is 66.4 Å². The van der Waals surface area contributed by atoms with Crippen LogP contribution in [0.3, 0.4) is 0 Å². The lowest BCUT2D eigenvalue weighted by atomic mass is 9.89. The van der Waals surface area contributed by atoms with Gasteiger partial charge in [0.05, 0.1) is 0 Å². The molecule has 1 atom stereocenters. The minimum absolute atomic E-state index is 0.0691. The molecule has 1 unspecified atom stereocenters. The number of hydrogen-bond donors (Lipinski definition) is 2. The molecule has 6 heteroatoms. The fourth-order valence-corrected chi connectivity index (χ4v) is 2.90. The SMILES string of the molecule is CC(NCCCC(C)(C)CO)c1ccc(S(C)(=O)=O)c(F)c1. The zero-order chi connectivity index (χ0) is 17.0. The maximum Gasteiger partial charge on any atom is 0.178 e. The maximum absolute atomic E-state index is 13.9. The number of halogens is 1. The van der Waals surface area contributed by atoms with Crippen molar-refractivity contribution in [2.45, 2.75) is 44.6 Å². The largest absolute Gasteiger partial charge is 0.396 e. The van der Waals surface area contributed by atoms with Gasteiger partial charge in [0, 0.05) is 18.9 Å². The van der Waals surface area contributed by atoms with E-state index >= 15 is 0 Å². The minimum Gasteiger partial charge on any atom is -0.396 e. The van der Waals surface area contributed by atoms with Crippen LogP contribution < -0.4 is 5.32 Å². The summed E-state index contributed by atoms with van der Waals surface area (Å²) in [5.41, 5.74) is 0.625. The van der Waals surface area contributed by atoms with E-state index in [0.29, 0.717) is 5.56 Å². The van der Waals surface area contributed by atoms with E-state index in [1.165, 1.54) is 12.1 Å². The Morgan fingerprint density at radius 3 is 2.50 bits per heavy atom. The summed E-state index contributed by atoms with van der Waals surface area (Å²) in [6.45, 7) is 6.83. The Balaban J connectivity index is 2.60. The van der Waals surface area contributed by atoms with Crippen LogP contribution in [0.1, 0.15) is 45.2 Å². The highest BCUT2D eigenvalue weighted by atomic mass is 32.2. The van der Waals surface area contributed by atoms with E-state index in [-0.39, 0.29) is 23.0 Å². The summed E-state index contributed by atoms with van der Waals surface area (Å²) in [5, 5.41) is 12.5. The molecule has 22 heavy (non-hydrogen) atoms. The molecule has 0 saturated heterocycles. The van der Waals surface area contributed by atoms with Crippen LogP contribution in [-0.2, 0) is 9.84 Å². The molecule has 1 aromatic carbocycles. The van der Waals surface area contributed by atoms with Crippen molar-refractivity contribution in [1.82, 2.24) is 5.32 Å². The van der Waals surface area contributed by atoms with Gasteiger partial charge in [-0.2, -0.15) is 0 Å². The van der Waals surface area contributed by atoms with Crippen LogP contribution in [0.2, 0.25) is 0 Å². The third-order valence-electron chi connectivity index (χ3n) is 3.76. The Kier molecular flexibility index (Phi) is 6.52. The summed E-state index contributed by atoms with van der Waals surface area (Å²) in [6.07, 6.45) is 2.79. The van der Waals surface area contributed by atoms with Crippen molar-refractivity contribution < 1.29 is 17.9 Å². The fraction of sp³-hybridized carbons (Fsp3) is 0.625. The number of rotatable bonds is 8. The molecule has 0 spiro atoms. The van der Waals surface area contributed by atoms with Crippen LogP contribution in [0.5, 0.6) is 0 Å². The molecule has 0 aliphatic carbocycles. The normalized spacial score (nSPS) is 14.1. The average Bonchev–Trinajstić information content (AvgIpc) is 2.42. The predicted molar refractivity (Wildman–Crippen MR) is 86.0 cm³/mol. The minimum atomic E-state index is -3.54. The lowest BCUT2D eigenvalue weighted by Crippen LogP contribution is -2.23. The van der Waals surface area contributed by atoms with Gasteiger partial charge in [-0.05, 0) is 49.4 Å². The van der Waals surface area contributed by atoms with E-state index in [4.69, 9.17) is 0 Å². The fourth-order valence-electron chi connectivity index (χ4n) is 2.17. The number of sulfone groups is 1. The Morgan fingerprint density at radius 2 is 2.00 bits per heavy atom. The molecule has 1 rings (SSSR count). The zero-order valence-electron chi connectivity index (χ0n) is 13.7. The molecule has 126 valence electrons. The van der Waals surface area contributed by atoms with Gasteiger partial charge in [0.25, 0.3) is 0 Å². The molecule has 2 N–H and O–H groups in total. The number of benzene rings is 1. The Morgan fingerprint density at radius 1 is 1.36 bits per heavy atom. The monoisotopic (exact) mass is 331 g/mol. The molecule has 0 fully saturated rings. The van der Waals surface area contributed by atoms with Crippen molar-refractivity contribution in [1.29, 1.82) is 0 Å². The molecule has 0 aromatic heterocycles. The van der Waals surface area contributed by atoms with Gasteiger partial charge in [-0.3, -0.25) is 0 Å². The van der Waals surface area contributed by atoms with Gasteiger partial charge in [-0.25, -0.2) is 12.8 Å². The number of aliphatic hydroxyl groups is 1. The second kappa shape index (κ2) is 7.53. The maximum atomic E-state index is 13.9. The summed E-state index contributed by atoms with van der Waals surface area (Å²) >= 11 is 0. The number of aliphatic hydroxyl groups excluding tert-OH is 1. The smallest absolute Gasteiger partial charge is 0.178 e. The predicted octanol–water partition coefficient (Wildman–Crippen LogP) is 2.68. The standard InChI is InChI=1S/C16H26FNO3S/c1-12(18-9-5-8-16(2,3)11-19)13-6-7-15(14(17)10-13)22(4,20)21/h6-7,10,12,18-19H,5,8-9,11H2,1-4H3. The van der Waals surface area contributed by atoms with Gasteiger partial charge >= 0.3 is 0 Å². The van der Waals surface area contributed by atoms with Gasteiger partial charge in [0.15, 0.2) is 9.84 Å². The van der Waals surface area contributed by atoms with E-state index < -0.39 is 15.7 Å². The molecule has 0 aliphatic heterocycles. The number of hydrogen-bond acceptors (Lipinski definition) is 4. The Labute approximate surface area is 132 Å². The van der Waals surface area contributed by atoms with Crippen molar-refractivity contribution in [2.24, 2.45) is 5.41 Å². The van der Waals surface area contributed by atoms with Crippen molar-refractivity contribution in [2.75, 3.05) is 19.4 Å². The molecule has 0 saturated carbocycles. The van der Waals surface area contributed by atoms with Crippen LogP contribution in [0.15, 0.2) is 23.1 Å². The zero-order valence-corrected chi connectivity index (χ0v) is 14.5. The van der Waals surface area contributed by atoms with E-state index in [1.807, 2.05) is 20.8 Å². The molecular formula is C16H26FNO3S. The highest BCUT2D eigenvalue weighted by Crippen LogP contribution is 2.22. The second-order valence-electron chi connectivity index (χ2n) is 6.56. The third-order valence-corrected chi connectivity index (χ3v) is 4.89. The molecule has 0 bridgehead atoms. The quantitative estimate of drug-likeness (QED) is 0.719. The summed E-state index contributed by atoms with van der Waals surface area (Å²) in [5.74, 6) is -0.713. The lowest BCUT2D eigenvalue weighted by Gasteiger charge is -2.22. The summed E-state index contributed by atoms with van der Waals surface area (Å²) in [7, 11) is -3.54. The molecule has 0 amide bonds. The van der Waals surface area contributed by atoms with Crippen LogP contribution in [0.25, 0.3) is 0 Å². The summed E-state index contributed by atoms with van der Waals surface area (Å²) in [4.78, 5) is -0.270. The highest BCUT2D eigenvalue weighted by molar-refractivity contribution is 7.90. The second-order valence-corrected chi connectivity index (χ2v) is 8.55. The molecule has 0 heterocycles. The van der Waals surface area contributed by atoms with Crippen LogP contribution in [0.4, 0.5) is 4.39 Å². The van der Waals surface area contributed by atoms with Crippen molar-refractivity contribution in [3.63, 3.8) is 0 Å². The first-order valence-corrected chi connectivity index (χ1v) is 9.30. The van der Waals surface area contributed by atoms with Gasteiger partial charge in [0.2, 0.25) is 0 Å². The summed E-state index contributed by atoms with van der Waals surface area (Å²) in [6, 6.07) is 4.15. The first-order chi connectivity index (χ1) is 10.1. The molecule has 4 nitrogen and oxygen atoms in total. The number of nitrogens with one attached hydrogen (secondary N) is 1. The van der Waals surface area contributed by atoms with Crippen LogP contribution in [-0.4, -0.2) is 32.9 Å². The Hall–Kier alpha value is -0.980. The molecule has 0 radical (unpaired) electrons. The lowest BCUT2D eigenvalue weighted by molar-refractivity contribution is 0.147. The highest BCUT2D eigenvalue weighted by Gasteiger charge is 2.17. The van der Waals surface area contributed by atoms with Gasteiger partial charge in [-0.1, -0.05) is 19.9 Å². The van der Waals surface area contributed by atoms with Gasteiger partial charge < -0.3 is 10.4 Å². The van der Waals surface area contributed by atoms with Gasteiger partial charge in [0.1, 0.15) is 10.7 Å². The van der Waals surface area contributed by atoms with Crippen molar-refractivity contribution in [3.8, 4) is 0 Å². The molecule has 1 aromatic rings. The van der Waals surface area contributed by atoms with Crippen molar-refractivity contribution in [3.05, 3.63) is 29.6 Å². The first kappa shape index (κ1) is 19.1. The van der Waals surface area contributed by atoms with E-state index in [1.54, 1.807) is 6.07 Å². The third kappa shape index (κ3) is 5.66. The van der Waals surface area contributed by atoms with Crippen LogP contribution >= 0.6 is 0 Å².